The number of nitrogens with one attached hydrogen (secondary N) is 1. The molecule has 1 N–H and O–H groups in total. The average Bonchev–Trinajstić information content (AvgIpc) is 2.94. The first-order valence-electron chi connectivity index (χ1n) is 7.73. The lowest BCUT2D eigenvalue weighted by Crippen LogP contribution is -2.25. The lowest BCUT2D eigenvalue weighted by Gasteiger charge is -2.13. The molecule has 0 unspecified atom stereocenters. The van der Waals surface area contributed by atoms with Gasteiger partial charge in [-0.15, -0.1) is 0 Å². The quantitative estimate of drug-likeness (QED) is 0.766. The molecule has 5 nitrogen and oxygen atoms in total. The predicted octanol–water partition coefficient (Wildman–Crippen LogP) is 3.97. The fraction of sp³-hybridized carbons (Fsp3) is 0.222. The number of nitrogens with zero attached hydrogens (tertiary/aromatic N) is 3. The van der Waals surface area contributed by atoms with Crippen LogP contribution in [0, 0.1) is 12.7 Å². The number of carbonyl (C=O) groups is 1. The fourth-order valence-corrected chi connectivity index (χ4v) is 2.89. The van der Waals surface area contributed by atoms with Gasteiger partial charge in [-0.2, -0.15) is 0 Å². The maximum Gasteiger partial charge on any atom is 0.241 e. The third-order valence-corrected chi connectivity index (χ3v) is 4.22. The van der Waals surface area contributed by atoms with Crippen LogP contribution in [-0.2, 0) is 11.3 Å². The zero-order chi connectivity index (χ0) is 18.1. The Morgan fingerprint density at radius 1 is 1.36 bits per heavy atom. The molecule has 3 aromatic rings. The van der Waals surface area contributed by atoms with Crippen LogP contribution in [-0.4, -0.2) is 34.5 Å². The average molecular weight is 361 g/mol. The Bertz CT molecular complexity index is 928. The number of fused-ring (bicyclic) bond motifs is 1. The van der Waals surface area contributed by atoms with E-state index in [1.54, 1.807) is 38.2 Å². The summed E-state index contributed by atoms with van der Waals surface area (Å²) in [4.78, 5) is 17.8. The minimum absolute atomic E-state index is 0.0107. The highest BCUT2D eigenvalue weighted by Crippen LogP contribution is 2.30. The van der Waals surface area contributed by atoms with Gasteiger partial charge in [0.2, 0.25) is 5.91 Å². The Balaban J connectivity index is 1.99. The van der Waals surface area contributed by atoms with E-state index in [1.165, 1.54) is 6.07 Å². The number of pyridine rings is 1. The van der Waals surface area contributed by atoms with Crippen molar-refractivity contribution in [1.82, 2.24) is 14.5 Å². The molecule has 0 spiro atoms. The Kier molecular flexibility index (Phi) is 4.63. The number of hydrogen-bond donors (Lipinski definition) is 1. The molecule has 0 aliphatic rings. The fourth-order valence-electron chi connectivity index (χ4n) is 2.63. The first-order chi connectivity index (χ1) is 11.9. The van der Waals surface area contributed by atoms with Gasteiger partial charge in [-0.25, -0.2) is 9.37 Å². The highest BCUT2D eigenvalue weighted by molar-refractivity contribution is 6.30. The van der Waals surface area contributed by atoms with E-state index >= 15 is 0 Å². The van der Waals surface area contributed by atoms with Gasteiger partial charge in [-0.05, 0) is 36.8 Å². The molecule has 1 aromatic carbocycles. The smallest absolute Gasteiger partial charge is 0.241 e. The zero-order valence-electron chi connectivity index (χ0n) is 14.2. The Hall–Kier alpha value is -2.60. The SMILES string of the molecule is Cc1cc(Cl)cc(F)c1Nc1nccc2c1ccn2CC(=O)N(C)C. The summed E-state index contributed by atoms with van der Waals surface area (Å²) in [5.41, 5.74) is 1.87. The summed E-state index contributed by atoms with van der Waals surface area (Å²) < 4.78 is 16.1. The first kappa shape index (κ1) is 17.2. The van der Waals surface area contributed by atoms with Crippen molar-refractivity contribution in [3.05, 3.63) is 53.1 Å². The standard InChI is InChI=1S/C18H18ClFN4O/c1-11-8-12(19)9-14(20)17(11)22-18-13-5-7-24(10-16(25)23(2)3)15(13)4-6-21-18/h4-9H,10H2,1-3H3,(H,21,22). The second kappa shape index (κ2) is 6.72. The number of halogens is 2. The number of aryl methyl sites for hydroxylation is 1. The minimum atomic E-state index is -0.439. The van der Waals surface area contributed by atoms with Gasteiger partial charge >= 0.3 is 0 Å². The van der Waals surface area contributed by atoms with Crippen LogP contribution in [0.3, 0.4) is 0 Å². The topological polar surface area (TPSA) is 50.2 Å². The molecule has 0 saturated carbocycles. The predicted molar refractivity (Wildman–Crippen MR) is 97.9 cm³/mol. The molecule has 1 amide bonds. The Labute approximate surface area is 150 Å². The van der Waals surface area contributed by atoms with Gasteiger partial charge in [-0.3, -0.25) is 4.79 Å². The molecule has 0 aliphatic heterocycles. The molecule has 2 aromatic heterocycles. The van der Waals surface area contributed by atoms with Gasteiger partial charge in [0.15, 0.2) is 0 Å². The lowest BCUT2D eigenvalue weighted by atomic mass is 10.2. The van der Waals surface area contributed by atoms with Crippen molar-refractivity contribution in [2.24, 2.45) is 0 Å². The monoisotopic (exact) mass is 360 g/mol. The van der Waals surface area contributed by atoms with E-state index < -0.39 is 5.82 Å². The van der Waals surface area contributed by atoms with Crippen molar-refractivity contribution in [3.8, 4) is 0 Å². The lowest BCUT2D eigenvalue weighted by molar-refractivity contribution is -0.129. The van der Waals surface area contributed by atoms with E-state index in [2.05, 4.69) is 10.3 Å². The van der Waals surface area contributed by atoms with E-state index in [1.807, 2.05) is 22.9 Å². The molecular weight excluding hydrogens is 343 g/mol. The largest absolute Gasteiger partial charge is 0.347 e. The van der Waals surface area contributed by atoms with Gasteiger partial charge in [-0.1, -0.05) is 11.6 Å². The summed E-state index contributed by atoms with van der Waals surface area (Å²) in [5, 5.41) is 4.20. The maximum atomic E-state index is 14.2. The van der Waals surface area contributed by atoms with Crippen molar-refractivity contribution in [3.63, 3.8) is 0 Å². The van der Waals surface area contributed by atoms with Crippen molar-refractivity contribution < 1.29 is 9.18 Å². The number of likely N-dealkylation sites (N-methyl/N-ethyl adjacent to an activating group) is 1. The van der Waals surface area contributed by atoms with Crippen molar-refractivity contribution >= 4 is 39.9 Å². The van der Waals surface area contributed by atoms with Crippen LogP contribution >= 0.6 is 11.6 Å². The van der Waals surface area contributed by atoms with Gasteiger partial charge < -0.3 is 14.8 Å². The van der Waals surface area contributed by atoms with Crippen LogP contribution in [0.4, 0.5) is 15.9 Å². The van der Waals surface area contributed by atoms with E-state index in [4.69, 9.17) is 11.6 Å². The van der Waals surface area contributed by atoms with E-state index in [-0.39, 0.29) is 12.5 Å². The normalized spacial score (nSPS) is 10.9. The summed E-state index contributed by atoms with van der Waals surface area (Å²) in [6, 6.07) is 6.64. The number of hydrogen-bond acceptors (Lipinski definition) is 3. The van der Waals surface area contributed by atoms with Crippen LogP contribution in [0.1, 0.15) is 5.56 Å². The summed E-state index contributed by atoms with van der Waals surface area (Å²) in [7, 11) is 3.43. The number of anilines is 2. The molecule has 0 atom stereocenters. The van der Waals surface area contributed by atoms with E-state index in [0.717, 1.165) is 10.9 Å². The van der Waals surface area contributed by atoms with Gasteiger partial charge in [0.1, 0.15) is 18.2 Å². The molecule has 3 rings (SSSR count). The van der Waals surface area contributed by atoms with Gasteiger partial charge in [0, 0.05) is 36.9 Å². The summed E-state index contributed by atoms with van der Waals surface area (Å²) in [5.74, 6) is 0.0762. The zero-order valence-corrected chi connectivity index (χ0v) is 14.9. The molecule has 0 saturated heterocycles. The number of benzene rings is 1. The highest BCUT2D eigenvalue weighted by atomic mass is 35.5. The molecule has 0 aliphatic carbocycles. The van der Waals surface area contributed by atoms with E-state index in [0.29, 0.717) is 22.1 Å². The number of amides is 1. The Morgan fingerprint density at radius 2 is 2.12 bits per heavy atom. The van der Waals surface area contributed by atoms with Gasteiger partial charge in [0.05, 0.1) is 11.2 Å². The molecule has 0 bridgehead atoms. The summed E-state index contributed by atoms with van der Waals surface area (Å²) >= 11 is 5.87. The van der Waals surface area contributed by atoms with Crippen LogP contribution < -0.4 is 5.32 Å². The van der Waals surface area contributed by atoms with Crippen molar-refractivity contribution in [1.29, 1.82) is 0 Å². The second-order valence-corrected chi connectivity index (χ2v) is 6.47. The molecular formula is C18H18ClFN4O. The maximum absolute atomic E-state index is 14.2. The third kappa shape index (κ3) is 3.44. The van der Waals surface area contributed by atoms with Crippen molar-refractivity contribution in [2.45, 2.75) is 13.5 Å². The molecule has 2 heterocycles. The molecule has 0 radical (unpaired) electrons. The summed E-state index contributed by atoms with van der Waals surface area (Å²) in [6.07, 6.45) is 3.45. The first-order valence-corrected chi connectivity index (χ1v) is 8.11. The number of rotatable bonds is 4. The molecule has 130 valence electrons. The molecule has 0 fully saturated rings. The molecule has 25 heavy (non-hydrogen) atoms. The molecule has 7 heteroatoms. The number of carbonyl (C=O) groups excluding carboxylic acids is 1. The minimum Gasteiger partial charge on any atom is -0.347 e. The highest BCUT2D eigenvalue weighted by Gasteiger charge is 2.13. The Morgan fingerprint density at radius 3 is 2.80 bits per heavy atom. The van der Waals surface area contributed by atoms with Gasteiger partial charge in [0.25, 0.3) is 0 Å². The summed E-state index contributed by atoms with van der Waals surface area (Å²) in [6.45, 7) is 2.01. The van der Waals surface area contributed by atoms with Crippen LogP contribution in [0.5, 0.6) is 0 Å². The van der Waals surface area contributed by atoms with E-state index in [9.17, 15) is 9.18 Å². The van der Waals surface area contributed by atoms with Crippen LogP contribution in [0.15, 0.2) is 36.7 Å². The van der Waals surface area contributed by atoms with Crippen molar-refractivity contribution in [2.75, 3.05) is 19.4 Å². The van der Waals surface area contributed by atoms with Crippen LogP contribution in [0.25, 0.3) is 10.9 Å². The number of aromatic nitrogens is 2. The van der Waals surface area contributed by atoms with Crippen LogP contribution in [0.2, 0.25) is 5.02 Å². The third-order valence-electron chi connectivity index (χ3n) is 4.00. The second-order valence-electron chi connectivity index (χ2n) is 6.03.